The fourth-order valence-electron chi connectivity index (χ4n) is 4.82. The van der Waals surface area contributed by atoms with Crippen LogP contribution in [-0.2, 0) is 11.3 Å². The average Bonchev–Trinajstić information content (AvgIpc) is 3.15. The number of piperidine rings is 2. The van der Waals surface area contributed by atoms with Gasteiger partial charge in [-0.15, -0.1) is 0 Å². The zero-order chi connectivity index (χ0) is 19.8. The van der Waals surface area contributed by atoms with E-state index in [9.17, 15) is 4.79 Å². The number of pyridine rings is 1. The predicted octanol–water partition coefficient (Wildman–Crippen LogP) is 3.94. The minimum absolute atomic E-state index is 0.102. The van der Waals surface area contributed by atoms with Crippen LogP contribution in [0.2, 0.25) is 0 Å². The van der Waals surface area contributed by atoms with Crippen LogP contribution >= 0.6 is 0 Å². The Hall–Kier alpha value is -2.89. The fraction of sp³-hybridized carbons (Fsp3) is 0.435. The first-order chi connectivity index (χ1) is 14.1. The molecule has 1 spiro atoms. The topological polar surface area (TPSA) is 62.5 Å². The lowest BCUT2D eigenvalue weighted by atomic mass is 9.73. The van der Waals surface area contributed by atoms with Crippen LogP contribution in [0, 0.1) is 12.3 Å². The van der Waals surface area contributed by atoms with Gasteiger partial charge in [-0.25, -0.2) is 0 Å². The average molecular weight is 390 g/mol. The van der Waals surface area contributed by atoms with E-state index in [4.69, 9.17) is 9.40 Å². The van der Waals surface area contributed by atoms with Gasteiger partial charge < -0.3 is 14.2 Å². The number of aromatic nitrogens is 2. The van der Waals surface area contributed by atoms with Gasteiger partial charge >= 0.3 is 0 Å². The lowest BCUT2D eigenvalue weighted by Crippen LogP contribution is -2.54. The Kier molecular flexibility index (Phi) is 4.49. The number of hydrogen-bond donors (Lipinski definition) is 0. The van der Waals surface area contributed by atoms with E-state index in [1.165, 1.54) is 5.56 Å². The molecule has 4 heterocycles. The number of nitrogens with zero attached hydrogens (tertiary/aromatic N) is 4. The second kappa shape index (κ2) is 7.17. The summed E-state index contributed by atoms with van der Waals surface area (Å²) < 4.78 is 6.07. The van der Waals surface area contributed by atoms with E-state index in [0.717, 1.165) is 55.6 Å². The van der Waals surface area contributed by atoms with Gasteiger partial charge in [0, 0.05) is 50.4 Å². The standard InChI is InChI=1S/C23H26N4O2/c1-17-5-6-20-19(12-17)25-22(29-20)26-11-3-8-23(15-26)9-7-21(28)27(16-23)14-18-4-2-10-24-13-18/h2,4-6,10,12-13H,3,7-9,11,14-16H2,1H3. The van der Waals surface area contributed by atoms with Gasteiger partial charge in [-0.2, -0.15) is 4.98 Å². The van der Waals surface area contributed by atoms with Gasteiger partial charge in [0.1, 0.15) is 5.52 Å². The van der Waals surface area contributed by atoms with E-state index in [-0.39, 0.29) is 11.3 Å². The minimum Gasteiger partial charge on any atom is -0.423 e. The first-order valence-corrected chi connectivity index (χ1v) is 10.4. The van der Waals surface area contributed by atoms with E-state index in [0.29, 0.717) is 19.0 Å². The molecule has 0 saturated carbocycles. The summed E-state index contributed by atoms with van der Waals surface area (Å²) in [5.74, 6) is 0.244. The molecule has 1 unspecified atom stereocenters. The normalized spacial score (nSPS) is 22.6. The van der Waals surface area contributed by atoms with Crippen molar-refractivity contribution in [3.05, 3.63) is 53.9 Å². The Morgan fingerprint density at radius 3 is 3.00 bits per heavy atom. The highest BCUT2D eigenvalue weighted by Gasteiger charge is 2.42. The summed E-state index contributed by atoms with van der Waals surface area (Å²) in [6.07, 6.45) is 7.39. The second-order valence-electron chi connectivity index (χ2n) is 8.60. The molecule has 6 heteroatoms. The van der Waals surface area contributed by atoms with Crippen LogP contribution in [0.5, 0.6) is 0 Å². The van der Waals surface area contributed by atoms with Crippen LogP contribution in [0.3, 0.4) is 0 Å². The van der Waals surface area contributed by atoms with Crippen molar-refractivity contribution in [2.45, 2.75) is 39.2 Å². The maximum atomic E-state index is 12.6. The molecule has 2 saturated heterocycles. The Balaban J connectivity index is 1.36. The second-order valence-corrected chi connectivity index (χ2v) is 8.60. The van der Waals surface area contributed by atoms with Gasteiger partial charge in [-0.1, -0.05) is 12.1 Å². The first-order valence-electron chi connectivity index (χ1n) is 10.4. The quantitative estimate of drug-likeness (QED) is 0.678. The van der Waals surface area contributed by atoms with Crippen molar-refractivity contribution in [2.75, 3.05) is 24.5 Å². The van der Waals surface area contributed by atoms with E-state index >= 15 is 0 Å². The molecule has 2 aliphatic rings. The minimum atomic E-state index is 0.102. The molecule has 0 bridgehead atoms. The van der Waals surface area contributed by atoms with Gasteiger partial charge in [-0.05, 0) is 55.5 Å². The van der Waals surface area contributed by atoms with Crippen molar-refractivity contribution >= 4 is 23.0 Å². The molecule has 3 aromatic rings. The van der Waals surface area contributed by atoms with Crippen LogP contribution in [-0.4, -0.2) is 40.4 Å². The summed E-state index contributed by atoms with van der Waals surface area (Å²) in [6.45, 7) is 5.33. The molecule has 5 rings (SSSR count). The van der Waals surface area contributed by atoms with Crippen LogP contribution in [0.1, 0.15) is 36.8 Å². The summed E-state index contributed by atoms with van der Waals surface area (Å²) in [4.78, 5) is 25.8. The molecular formula is C23H26N4O2. The predicted molar refractivity (Wildman–Crippen MR) is 112 cm³/mol. The SMILES string of the molecule is Cc1ccc2oc(N3CCCC4(CCC(=O)N(Cc5cccnc5)C4)C3)nc2c1. The Bertz CT molecular complexity index is 1030. The number of carbonyl (C=O) groups excluding carboxylic acids is 1. The van der Waals surface area contributed by atoms with Gasteiger partial charge in [0.15, 0.2) is 5.58 Å². The molecule has 1 atom stereocenters. The molecule has 150 valence electrons. The van der Waals surface area contributed by atoms with Crippen LogP contribution < -0.4 is 4.90 Å². The maximum Gasteiger partial charge on any atom is 0.298 e. The molecule has 1 aromatic carbocycles. The van der Waals surface area contributed by atoms with Gasteiger partial charge in [0.05, 0.1) is 0 Å². The number of benzene rings is 1. The molecule has 29 heavy (non-hydrogen) atoms. The van der Waals surface area contributed by atoms with Crippen molar-refractivity contribution in [2.24, 2.45) is 5.41 Å². The number of anilines is 1. The number of likely N-dealkylation sites (tertiary alicyclic amines) is 1. The van der Waals surface area contributed by atoms with Gasteiger partial charge in [0.2, 0.25) is 5.91 Å². The lowest BCUT2D eigenvalue weighted by Gasteiger charge is -2.47. The number of fused-ring (bicyclic) bond motifs is 1. The third-order valence-electron chi connectivity index (χ3n) is 6.31. The molecule has 1 amide bonds. The third-order valence-corrected chi connectivity index (χ3v) is 6.31. The van der Waals surface area contributed by atoms with Gasteiger partial charge in [-0.3, -0.25) is 9.78 Å². The number of carbonyl (C=O) groups is 1. The highest BCUT2D eigenvalue weighted by Crippen LogP contribution is 2.40. The number of hydrogen-bond acceptors (Lipinski definition) is 5. The third kappa shape index (κ3) is 3.59. The highest BCUT2D eigenvalue weighted by atomic mass is 16.4. The van der Waals surface area contributed by atoms with Crippen molar-refractivity contribution in [3.8, 4) is 0 Å². The van der Waals surface area contributed by atoms with E-state index in [2.05, 4.69) is 28.9 Å². The molecule has 0 aliphatic carbocycles. The molecule has 2 aromatic heterocycles. The first kappa shape index (κ1) is 18.2. The van der Waals surface area contributed by atoms with E-state index in [1.807, 2.05) is 29.3 Å². The van der Waals surface area contributed by atoms with E-state index in [1.54, 1.807) is 6.20 Å². The van der Waals surface area contributed by atoms with Crippen molar-refractivity contribution < 1.29 is 9.21 Å². The molecule has 0 N–H and O–H groups in total. The van der Waals surface area contributed by atoms with Crippen molar-refractivity contribution in [1.29, 1.82) is 0 Å². The Labute approximate surface area is 170 Å². The maximum absolute atomic E-state index is 12.6. The number of oxazole rings is 1. The molecular weight excluding hydrogens is 364 g/mol. The van der Waals surface area contributed by atoms with Crippen molar-refractivity contribution in [3.63, 3.8) is 0 Å². The molecule has 2 aliphatic heterocycles. The zero-order valence-corrected chi connectivity index (χ0v) is 16.8. The van der Waals surface area contributed by atoms with Crippen LogP contribution in [0.15, 0.2) is 47.1 Å². The number of rotatable bonds is 3. The fourth-order valence-corrected chi connectivity index (χ4v) is 4.82. The summed E-state index contributed by atoms with van der Waals surface area (Å²) in [5, 5.41) is 0. The lowest BCUT2D eigenvalue weighted by molar-refractivity contribution is -0.138. The monoisotopic (exact) mass is 390 g/mol. The Morgan fingerprint density at radius 1 is 1.21 bits per heavy atom. The molecule has 2 fully saturated rings. The summed E-state index contributed by atoms with van der Waals surface area (Å²) in [7, 11) is 0. The number of amides is 1. The summed E-state index contributed by atoms with van der Waals surface area (Å²) in [5.41, 5.74) is 4.12. The summed E-state index contributed by atoms with van der Waals surface area (Å²) in [6, 6.07) is 10.8. The van der Waals surface area contributed by atoms with Gasteiger partial charge in [0.25, 0.3) is 6.01 Å². The Morgan fingerprint density at radius 2 is 2.14 bits per heavy atom. The molecule has 6 nitrogen and oxygen atoms in total. The smallest absolute Gasteiger partial charge is 0.298 e. The summed E-state index contributed by atoms with van der Waals surface area (Å²) >= 11 is 0. The van der Waals surface area contributed by atoms with Crippen molar-refractivity contribution in [1.82, 2.24) is 14.9 Å². The number of aryl methyl sites for hydroxylation is 1. The zero-order valence-electron chi connectivity index (χ0n) is 16.8. The largest absolute Gasteiger partial charge is 0.423 e. The highest BCUT2D eigenvalue weighted by molar-refractivity contribution is 5.77. The van der Waals surface area contributed by atoms with E-state index < -0.39 is 0 Å². The van der Waals surface area contributed by atoms with Crippen LogP contribution in [0.4, 0.5) is 6.01 Å². The van der Waals surface area contributed by atoms with Crippen LogP contribution in [0.25, 0.3) is 11.1 Å². The molecule has 0 radical (unpaired) electrons.